The van der Waals surface area contributed by atoms with E-state index in [1.807, 2.05) is 24.3 Å². The number of benzene rings is 1. The molecule has 0 bridgehead atoms. The number of carbonyl (C=O) groups excluding carboxylic acids is 5. The fourth-order valence-electron chi connectivity index (χ4n) is 5.78. The highest BCUT2D eigenvalue weighted by Crippen LogP contribution is 2.34. The molecule has 3 aromatic heterocycles. The van der Waals surface area contributed by atoms with Crippen LogP contribution in [0.25, 0.3) is 10.9 Å². The largest absolute Gasteiger partial charge is 0.490 e. The zero-order valence-corrected chi connectivity index (χ0v) is 25.6. The maximum absolute atomic E-state index is 15.1. The summed E-state index contributed by atoms with van der Waals surface area (Å²) in [6, 6.07) is 11.0. The van der Waals surface area contributed by atoms with Gasteiger partial charge in [-0.25, -0.2) is 4.39 Å². The molecule has 1 saturated heterocycles. The Morgan fingerprint density at radius 1 is 1.04 bits per heavy atom. The van der Waals surface area contributed by atoms with E-state index in [1.165, 1.54) is 24.4 Å². The Morgan fingerprint density at radius 2 is 1.90 bits per heavy atom. The van der Waals surface area contributed by atoms with Gasteiger partial charge in [-0.3, -0.25) is 49.1 Å². The van der Waals surface area contributed by atoms with Crippen LogP contribution in [0.4, 0.5) is 10.1 Å². The average molecular weight is 652 g/mol. The van der Waals surface area contributed by atoms with Gasteiger partial charge in [0.25, 0.3) is 17.7 Å². The summed E-state index contributed by atoms with van der Waals surface area (Å²) in [5, 5.41) is 9.04. The van der Waals surface area contributed by atoms with E-state index in [4.69, 9.17) is 4.74 Å². The molecular formula is C34H30FN7O6. The van der Waals surface area contributed by atoms with Crippen LogP contribution in [-0.4, -0.2) is 80.8 Å². The molecular weight excluding hydrogens is 621 g/mol. The second-order valence-corrected chi connectivity index (χ2v) is 11.9. The van der Waals surface area contributed by atoms with Gasteiger partial charge in [-0.05, 0) is 55.7 Å². The van der Waals surface area contributed by atoms with E-state index in [9.17, 15) is 24.0 Å². The van der Waals surface area contributed by atoms with Crippen molar-refractivity contribution in [2.45, 2.75) is 50.4 Å². The van der Waals surface area contributed by atoms with Crippen LogP contribution in [0.3, 0.4) is 0 Å². The molecule has 13 nitrogen and oxygen atoms in total. The first-order valence-electron chi connectivity index (χ1n) is 15.6. The van der Waals surface area contributed by atoms with E-state index in [0.717, 1.165) is 34.3 Å². The smallest absolute Gasteiger partial charge is 0.266 e. The van der Waals surface area contributed by atoms with Gasteiger partial charge in [0.15, 0.2) is 6.17 Å². The first kappa shape index (κ1) is 30.8. The zero-order chi connectivity index (χ0) is 33.4. The molecule has 2 atom stereocenters. The van der Waals surface area contributed by atoms with E-state index in [-0.39, 0.29) is 47.9 Å². The predicted octanol–water partition coefficient (Wildman–Crippen LogP) is 2.74. The van der Waals surface area contributed by atoms with E-state index < -0.39 is 48.4 Å². The van der Waals surface area contributed by atoms with Gasteiger partial charge in [0, 0.05) is 54.2 Å². The van der Waals surface area contributed by atoms with Gasteiger partial charge in [-0.15, -0.1) is 0 Å². The summed E-state index contributed by atoms with van der Waals surface area (Å²) in [5.41, 5.74) is 3.16. The number of nitrogens with zero attached hydrogens (tertiary/aromatic N) is 4. The Kier molecular flexibility index (Phi) is 8.21. The number of rotatable bonds is 11. The molecule has 244 valence electrons. The molecule has 2 aliphatic heterocycles. The Morgan fingerprint density at radius 3 is 2.71 bits per heavy atom. The Balaban J connectivity index is 0.983. The van der Waals surface area contributed by atoms with Crippen molar-refractivity contribution < 1.29 is 33.1 Å². The summed E-state index contributed by atoms with van der Waals surface area (Å²) in [6.45, 7) is -0.903. The number of alkyl halides is 1. The molecule has 5 heterocycles. The first-order chi connectivity index (χ1) is 23.2. The molecule has 4 aromatic rings. The maximum Gasteiger partial charge on any atom is 0.266 e. The van der Waals surface area contributed by atoms with E-state index in [2.05, 4.69) is 30.9 Å². The number of ether oxygens (including phenoxy) is 1. The average Bonchev–Trinajstić information content (AvgIpc) is 3.86. The molecule has 14 heteroatoms. The normalized spacial score (nSPS) is 18.0. The quantitative estimate of drug-likeness (QED) is 0.205. The molecule has 1 aromatic carbocycles. The minimum Gasteiger partial charge on any atom is -0.490 e. The Hall–Kier alpha value is -5.79. The fraction of sp³-hybridized carbons (Fsp3) is 0.294. The van der Waals surface area contributed by atoms with E-state index >= 15 is 4.39 Å². The minimum atomic E-state index is -1.66. The van der Waals surface area contributed by atoms with Crippen LogP contribution in [0, 0.1) is 0 Å². The third-order valence-corrected chi connectivity index (χ3v) is 8.39. The number of anilines is 1. The van der Waals surface area contributed by atoms with Gasteiger partial charge >= 0.3 is 0 Å². The maximum atomic E-state index is 15.1. The standard InChI is InChI=1S/C34H30FN7O6/c35-19(17-48-28-3-1-2-23-30(28)34(47)42(33(23)46)27-8-9-29(43)41-32(27)45)15-38-31(44)24-16-37-22(13-26(24)39-20-6-7-20)12-21-5-4-18-14-36-11-10-25(18)40-21/h1-5,10-11,13-14,16,19-20,27H,6-9,12,15,17H2,(H,37,39)(H,38,44)(H,41,43,45). The van der Waals surface area contributed by atoms with Crippen molar-refractivity contribution in [2.24, 2.45) is 0 Å². The van der Waals surface area contributed by atoms with Crippen LogP contribution >= 0.6 is 0 Å². The van der Waals surface area contributed by atoms with Crippen LogP contribution < -0.4 is 20.7 Å². The fourth-order valence-corrected chi connectivity index (χ4v) is 5.78. The van der Waals surface area contributed by atoms with Crippen molar-refractivity contribution in [3.63, 3.8) is 0 Å². The molecule has 3 aliphatic rings. The number of piperidine rings is 1. The predicted molar refractivity (Wildman–Crippen MR) is 169 cm³/mol. The van der Waals surface area contributed by atoms with Gasteiger partial charge in [0.2, 0.25) is 11.8 Å². The second kappa shape index (κ2) is 12.8. The van der Waals surface area contributed by atoms with Crippen molar-refractivity contribution >= 4 is 46.1 Å². The number of fused-ring (bicyclic) bond motifs is 2. The van der Waals surface area contributed by atoms with Crippen molar-refractivity contribution in [3.05, 3.63) is 89.1 Å². The minimum absolute atomic E-state index is 0.00840. The second-order valence-electron chi connectivity index (χ2n) is 11.9. The topological polar surface area (TPSA) is 173 Å². The number of hydrogen-bond donors (Lipinski definition) is 3. The molecule has 7 rings (SSSR count). The summed E-state index contributed by atoms with van der Waals surface area (Å²) in [7, 11) is 0. The molecule has 0 spiro atoms. The van der Waals surface area contributed by atoms with E-state index in [0.29, 0.717) is 17.8 Å². The SMILES string of the molecule is O=C1CCC(N2C(=O)c3cccc(OCC(F)CNC(=O)c4cnc(Cc5ccc6cnccc6n5)cc4NC4CC4)c3C2=O)C(=O)N1. The summed E-state index contributed by atoms with van der Waals surface area (Å²) in [5.74, 6) is -3.21. The highest BCUT2D eigenvalue weighted by atomic mass is 19.1. The summed E-state index contributed by atoms with van der Waals surface area (Å²) in [6.07, 6.45) is 5.64. The number of pyridine rings is 3. The molecule has 1 saturated carbocycles. The van der Waals surface area contributed by atoms with Crippen molar-refractivity contribution in [1.82, 2.24) is 30.5 Å². The Labute approximate surface area is 273 Å². The lowest BCUT2D eigenvalue weighted by molar-refractivity contribution is -0.136. The van der Waals surface area contributed by atoms with Crippen LogP contribution in [0.1, 0.15) is 68.1 Å². The number of amides is 5. The van der Waals surface area contributed by atoms with E-state index in [1.54, 1.807) is 12.4 Å². The molecule has 5 amide bonds. The summed E-state index contributed by atoms with van der Waals surface area (Å²) < 4.78 is 20.7. The Bertz CT molecular complexity index is 1980. The molecule has 3 N–H and O–H groups in total. The third-order valence-electron chi connectivity index (χ3n) is 8.39. The van der Waals surface area contributed by atoms with Crippen LogP contribution in [-0.2, 0) is 16.0 Å². The molecule has 2 unspecified atom stereocenters. The molecule has 48 heavy (non-hydrogen) atoms. The summed E-state index contributed by atoms with van der Waals surface area (Å²) in [4.78, 5) is 77.5. The van der Waals surface area contributed by atoms with Crippen molar-refractivity contribution in [1.29, 1.82) is 0 Å². The third kappa shape index (κ3) is 6.28. The molecule has 1 aliphatic carbocycles. The van der Waals surface area contributed by atoms with Crippen molar-refractivity contribution in [3.8, 4) is 5.75 Å². The number of halogens is 1. The number of imide groups is 2. The number of carbonyl (C=O) groups is 5. The number of aromatic nitrogens is 3. The zero-order valence-electron chi connectivity index (χ0n) is 25.6. The number of nitrogens with one attached hydrogen (secondary N) is 3. The lowest BCUT2D eigenvalue weighted by atomic mass is 10.0. The van der Waals surface area contributed by atoms with Gasteiger partial charge in [0.05, 0.1) is 34.4 Å². The van der Waals surface area contributed by atoms with Gasteiger partial charge in [0.1, 0.15) is 18.4 Å². The van der Waals surface area contributed by atoms with Crippen LogP contribution in [0.15, 0.2) is 61.1 Å². The molecule has 0 radical (unpaired) electrons. The lowest BCUT2D eigenvalue weighted by Crippen LogP contribution is -2.54. The van der Waals surface area contributed by atoms with Gasteiger partial charge < -0.3 is 15.4 Å². The van der Waals surface area contributed by atoms with Crippen LogP contribution in [0.5, 0.6) is 5.75 Å². The van der Waals surface area contributed by atoms with Crippen molar-refractivity contribution in [2.75, 3.05) is 18.5 Å². The monoisotopic (exact) mass is 651 g/mol. The number of hydrogen-bond acceptors (Lipinski definition) is 10. The first-order valence-corrected chi connectivity index (χ1v) is 15.6. The van der Waals surface area contributed by atoms with Gasteiger partial charge in [-0.2, -0.15) is 0 Å². The van der Waals surface area contributed by atoms with Crippen LogP contribution in [0.2, 0.25) is 0 Å². The highest BCUT2D eigenvalue weighted by Gasteiger charge is 2.46. The summed E-state index contributed by atoms with van der Waals surface area (Å²) >= 11 is 0. The lowest BCUT2D eigenvalue weighted by Gasteiger charge is -2.27. The van der Waals surface area contributed by atoms with Gasteiger partial charge in [-0.1, -0.05) is 6.07 Å². The highest BCUT2D eigenvalue weighted by molar-refractivity contribution is 6.24. The molecule has 2 fully saturated rings.